The minimum absolute atomic E-state index is 0.711. The predicted molar refractivity (Wildman–Crippen MR) is 87.0 cm³/mol. The lowest BCUT2D eigenvalue weighted by atomic mass is 10.0. The van der Waals surface area contributed by atoms with Gasteiger partial charge in [0.05, 0.1) is 0 Å². The molecule has 1 atom stereocenters. The first-order valence-corrected chi connectivity index (χ1v) is 7.77. The number of benzene rings is 1. The number of piperidine rings is 1. The van der Waals surface area contributed by atoms with Crippen molar-refractivity contribution >= 4 is 39.4 Å². The van der Waals surface area contributed by atoms with Crippen LogP contribution in [0.3, 0.4) is 0 Å². The monoisotopic (exact) mass is 300 g/mol. The Bertz CT molecular complexity index is 810. The van der Waals surface area contributed by atoms with Crippen molar-refractivity contribution in [2.75, 3.05) is 18.0 Å². The van der Waals surface area contributed by atoms with Gasteiger partial charge in [-0.05, 0) is 37.0 Å². The zero-order valence-corrected chi connectivity index (χ0v) is 12.7. The number of halogens is 1. The molecule has 4 nitrogen and oxygen atoms in total. The Morgan fingerprint density at radius 1 is 1.33 bits per heavy atom. The van der Waals surface area contributed by atoms with E-state index in [9.17, 15) is 0 Å². The van der Waals surface area contributed by atoms with Gasteiger partial charge in [0.25, 0.3) is 0 Å². The van der Waals surface area contributed by atoms with Crippen molar-refractivity contribution < 1.29 is 0 Å². The number of nitrogens with one attached hydrogen (secondary N) is 1. The smallest absolute Gasteiger partial charge is 0.156 e. The summed E-state index contributed by atoms with van der Waals surface area (Å²) in [5.41, 5.74) is 3.03. The van der Waals surface area contributed by atoms with Crippen LogP contribution in [0.2, 0.25) is 5.02 Å². The number of fused-ring (bicyclic) bond motifs is 3. The van der Waals surface area contributed by atoms with E-state index in [0.717, 1.165) is 45.9 Å². The van der Waals surface area contributed by atoms with Gasteiger partial charge < -0.3 is 9.88 Å². The van der Waals surface area contributed by atoms with Gasteiger partial charge >= 0.3 is 0 Å². The molecule has 0 amide bonds. The molecule has 2 aromatic heterocycles. The zero-order valence-electron chi connectivity index (χ0n) is 11.9. The topological polar surface area (TPSA) is 44.8 Å². The Morgan fingerprint density at radius 3 is 3.10 bits per heavy atom. The van der Waals surface area contributed by atoms with Crippen LogP contribution in [-0.4, -0.2) is 28.0 Å². The molecule has 1 fully saturated rings. The first-order chi connectivity index (χ1) is 10.2. The second kappa shape index (κ2) is 4.88. The van der Waals surface area contributed by atoms with Crippen LogP contribution in [0.4, 0.5) is 5.82 Å². The minimum atomic E-state index is 0.711. The summed E-state index contributed by atoms with van der Waals surface area (Å²) < 4.78 is 0. The standard InChI is InChI=1S/C16H17ClN4/c1-10-3-2-6-21(8-10)16-15-14(18-9-19-16)12-7-11(17)4-5-13(12)20-15/h4-5,7,9-10,20H,2-3,6,8H2,1H3/t10-/m0/s1. The maximum absolute atomic E-state index is 6.12. The molecule has 0 aliphatic carbocycles. The van der Waals surface area contributed by atoms with Crippen LogP contribution in [0.5, 0.6) is 0 Å². The normalized spacial score (nSPS) is 19.5. The fourth-order valence-electron chi connectivity index (χ4n) is 3.27. The molecule has 21 heavy (non-hydrogen) atoms. The molecule has 0 saturated carbocycles. The van der Waals surface area contributed by atoms with Gasteiger partial charge in [-0.2, -0.15) is 0 Å². The largest absolute Gasteiger partial charge is 0.355 e. The molecular formula is C16H17ClN4. The maximum atomic E-state index is 6.12. The van der Waals surface area contributed by atoms with Crippen molar-refractivity contribution in [3.63, 3.8) is 0 Å². The first kappa shape index (κ1) is 12.9. The van der Waals surface area contributed by atoms with E-state index in [4.69, 9.17) is 11.6 Å². The molecule has 1 saturated heterocycles. The SMILES string of the molecule is C[C@H]1CCCN(c2ncnc3c2[nH]c2ccc(Cl)cc23)C1. The third-order valence-electron chi connectivity index (χ3n) is 4.28. The first-order valence-electron chi connectivity index (χ1n) is 7.39. The van der Waals surface area contributed by atoms with Crippen molar-refractivity contribution in [2.45, 2.75) is 19.8 Å². The number of hydrogen-bond acceptors (Lipinski definition) is 3. The van der Waals surface area contributed by atoms with Crippen molar-refractivity contribution in [1.82, 2.24) is 15.0 Å². The van der Waals surface area contributed by atoms with Gasteiger partial charge in [-0.3, -0.25) is 0 Å². The van der Waals surface area contributed by atoms with E-state index in [1.54, 1.807) is 6.33 Å². The second-order valence-electron chi connectivity index (χ2n) is 5.93. The molecule has 4 rings (SSSR count). The molecule has 3 heterocycles. The van der Waals surface area contributed by atoms with Gasteiger partial charge in [0, 0.05) is 29.0 Å². The van der Waals surface area contributed by atoms with Crippen molar-refractivity contribution in [2.24, 2.45) is 5.92 Å². The van der Waals surface area contributed by atoms with E-state index < -0.39 is 0 Å². The van der Waals surface area contributed by atoms with Gasteiger partial charge in [0.1, 0.15) is 17.4 Å². The lowest BCUT2D eigenvalue weighted by molar-refractivity contribution is 0.445. The summed E-state index contributed by atoms with van der Waals surface area (Å²) in [4.78, 5) is 14.8. The van der Waals surface area contributed by atoms with Crippen LogP contribution < -0.4 is 4.90 Å². The third-order valence-corrected chi connectivity index (χ3v) is 4.52. The molecular weight excluding hydrogens is 284 g/mol. The molecule has 5 heteroatoms. The van der Waals surface area contributed by atoms with Crippen LogP contribution >= 0.6 is 11.6 Å². The Kier molecular flexibility index (Phi) is 3.00. The summed E-state index contributed by atoms with van der Waals surface area (Å²) in [5, 5.41) is 1.79. The summed E-state index contributed by atoms with van der Waals surface area (Å²) in [6.07, 6.45) is 4.18. The van der Waals surface area contributed by atoms with E-state index in [0.29, 0.717) is 5.92 Å². The van der Waals surface area contributed by atoms with Crippen LogP contribution in [-0.2, 0) is 0 Å². The van der Waals surface area contributed by atoms with E-state index in [1.807, 2.05) is 18.2 Å². The molecule has 0 spiro atoms. The van der Waals surface area contributed by atoms with Crippen molar-refractivity contribution in [3.8, 4) is 0 Å². The molecule has 3 aromatic rings. The zero-order chi connectivity index (χ0) is 14.4. The number of anilines is 1. The van der Waals surface area contributed by atoms with Gasteiger partial charge in [-0.25, -0.2) is 9.97 Å². The summed E-state index contributed by atoms with van der Waals surface area (Å²) >= 11 is 6.12. The van der Waals surface area contributed by atoms with Crippen LogP contribution in [0, 0.1) is 5.92 Å². The highest BCUT2D eigenvalue weighted by molar-refractivity contribution is 6.31. The molecule has 1 N–H and O–H groups in total. The Morgan fingerprint density at radius 2 is 2.24 bits per heavy atom. The molecule has 1 aliphatic heterocycles. The van der Waals surface area contributed by atoms with E-state index in [1.165, 1.54) is 12.8 Å². The molecule has 0 unspecified atom stereocenters. The minimum Gasteiger partial charge on any atom is -0.355 e. The van der Waals surface area contributed by atoms with Gasteiger partial charge in [0.15, 0.2) is 5.82 Å². The van der Waals surface area contributed by atoms with E-state index in [2.05, 4.69) is 26.8 Å². The second-order valence-corrected chi connectivity index (χ2v) is 6.37. The molecule has 0 radical (unpaired) electrons. The third kappa shape index (κ3) is 2.14. The number of aromatic amines is 1. The Labute approximate surface area is 128 Å². The van der Waals surface area contributed by atoms with Crippen molar-refractivity contribution in [3.05, 3.63) is 29.5 Å². The number of hydrogen-bond donors (Lipinski definition) is 1. The highest BCUT2D eigenvalue weighted by Crippen LogP contribution is 2.32. The molecule has 0 bridgehead atoms. The van der Waals surface area contributed by atoms with Crippen LogP contribution in [0.15, 0.2) is 24.5 Å². The fraction of sp³-hybridized carbons (Fsp3) is 0.375. The van der Waals surface area contributed by atoms with Crippen molar-refractivity contribution in [1.29, 1.82) is 0 Å². The predicted octanol–water partition coefficient (Wildman–Crippen LogP) is 4.00. The van der Waals surface area contributed by atoms with Gasteiger partial charge in [-0.15, -0.1) is 0 Å². The highest BCUT2D eigenvalue weighted by atomic mass is 35.5. The Hall–Kier alpha value is -1.81. The lowest BCUT2D eigenvalue weighted by Gasteiger charge is -2.31. The average molecular weight is 301 g/mol. The van der Waals surface area contributed by atoms with E-state index in [-0.39, 0.29) is 0 Å². The molecule has 1 aromatic carbocycles. The van der Waals surface area contributed by atoms with Gasteiger partial charge in [-0.1, -0.05) is 18.5 Å². The summed E-state index contributed by atoms with van der Waals surface area (Å²) in [6, 6.07) is 5.86. The summed E-state index contributed by atoms with van der Waals surface area (Å²) in [5.74, 6) is 1.72. The summed E-state index contributed by atoms with van der Waals surface area (Å²) in [7, 11) is 0. The summed E-state index contributed by atoms with van der Waals surface area (Å²) in [6.45, 7) is 4.42. The maximum Gasteiger partial charge on any atom is 0.156 e. The van der Waals surface area contributed by atoms with Crippen LogP contribution in [0.1, 0.15) is 19.8 Å². The van der Waals surface area contributed by atoms with Gasteiger partial charge in [0.2, 0.25) is 0 Å². The fourth-order valence-corrected chi connectivity index (χ4v) is 3.45. The number of nitrogens with zero attached hydrogens (tertiary/aromatic N) is 3. The number of H-pyrrole nitrogens is 1. The number of aromatic nitrogens is 3. The lowest BCUT2D eigenvalue weighted by Crippen LogP contribution is -2.35. The highest BCUT2D eigenvalue weighted by Gasteiger charge is 2.21. The average Bonchev–Trinajstić information content (AvgIpc) is 2.85. The number of rotatable bonds is 1. The van der Waals surface area contributed by atoms with E-state index >= 15 is 0 Å². The Balaban J connectivity index is 1.91. The molecule has 108 valence electrons. The molecule has 1 aliphatic rings. The quantitative estimate of drug-likeness (QED) is 0.739. The van der Waals surface area contributed by atoms with Crippen LogP contribution in [0.25, 0.3) is 21.9 Å².